The number of thiophene rings is 1. The molecule has 2 atom stereocenters. The second-order valence-corrected chi connectivity index (χ2v) is 6.69. The van der Waals surface area contributed by atoms with E-state index in [-0.39, 0.29) is 5.91 Å². The van der Waals surface area contributed by atoms with Gasteiger partial charge in [0.1, 0.15) is 5.00 Å². The molecule has 1 aliphatic carbocycles. The van der Waals surface area contributed by atoms with Gasteiger partial charge in [-0.25, -0.2) is 4.79 Å². The fourth-order valence-corrected chi connectivity index (χ4v) is 3.70. The van der Waals surface area contributed by atoms with Crippen LogP contribution >= 0.6 is 11.3 Å². The molecule has 2 rings (SSSR count). The Balaban J connectivity index is 2.27. The van der Waals surface area contributed by atoms with Crippen molar-refractivity contribution in [1.82, 2.24) is 0 Å². The van der Waals surface area contributed by atoms with Crippen molar-refractivity contribution in [3.63, 3.8) is 0 Å². The third-order valence-corrected chi connectivity index (χ3v) is 5.22. The van der Waals surface area contributed by atoms with Gasteiger partial charge in [-0.3, -0.25) is 9.59 Å². The third kappa shape index (κ3) is 3.44. The smallest absolute Gasteiger partial charge is 0.341 e. The van der Waals surface area contributed by atoms with E-state index in [1.54, 1.807) is 13.0 Å². The highest BCUT2D eigenvalue weighted by atomic mass is 32.1. The van der Waals surface area contributed by atoms with Gasteiger partial charge < -0.3 is 15.2 Å². The number of nitrogens with one attached hydrogen (secondary N) is 1. The Labute approximate surface area is 138 Å². The minimum Gasteiger partial charge on any atom is -0.481 e. The number of rotatable bonds is 4. The zero-order valence-electron chi connectivity index (χ0n) is 13.2. The molecule has 0 radical (unpaired) electrons. The topological polar surface area (TPSA) is 92.7 Å². The standard InChI is InChI=1S/C16H19NO5S/c1-8-9(2)23-14(12(8)16(21)22-3)17-13(18)10-6-4-5-7-11(10)15(19)20/h4-5,10-11H,6-7H2,1-3H3,(H,17,18)(H,19,20)/t10-,11-/m1/s1. The Morgan fingerprint density at radius 3 is 2.39 bits per heavy atom. The number of anilines is 1. The molecule has 0 saturated carbocycles. The average Bonchev–Trinajstić information content (AvgIpc) is 2.80. The largest absolute Gasteiger partial charge is 0.481 e. The molecular weight excluding hydrogens is 318 g/mol. The van der Waals surface area contributed by atoms with Crippen molar-refractivity contribution in [2.45, 2.75) is 26.7 Å². The number of aliphatic carboxylic acids is 1. The lowest BCUT2D eigenvalue weighted by molar-refractivity contribution is -0.146. The van der Waals surface area contributed by atoms with Gasteiger partial charge in [0.05, 0.1) is 24.5 Å². The number of carbonyl (C=O) groups is 3. The highest BCUT2D eigenvalue weighted by Gasteiger charge is 2.35. The van der Waals surface area contributed by atoms with Crippen LogP contribution in [0.2, 0.25) is 0 Å². The van der Waals surface area contributed by atoms with Crippen LogP contribution in [0.1, 0.15) is 33.6 Å². The van der Waals surface area contributed by atoms with Crippen LogP contribution in [0.3, 0.4) is 0 Å². The summed E-state index contributed by atoms with van der Waals surface area (Å²) in [4.78, 5) is 36.7. The highest BCUT2D eigenvalue weighted by Crippen LogP contribution is 2.34. The summed E-state index contributed by atoms with van der Waals surface area (Å²) < 4.78 is 4.77. The van der Waals surface area contributed by atoms with Gasteiger partial charge in [-0.1, -0.05) is 12.2 Å². The lowest BCUT2D eigenvalue weighted by atomic mass is 9.82. The van der Waals surface area contributed by atoms with Crippen molar-refractivity contribution in [2.24, 2.45) is 11.8 Å². The van der Waals surface area contributed by atoms with Crippen molar-refractivity contribution < 1.29 is 24.2 Å². The van der Waals surface area contributed by atoms with Gasteiger partial charge in [0, 0.05) is 4.88 Å². The molecule has 2 N–H and O–H groups in total. The minimum absolute atomic E-state index is 0.333. The first-order valence-corrected chi connectivity index (χ1v) is 8.05. The summed E-state index contributed by atoms with van der Waals surface area (Å²) in [6.45, 7) is 3.64. The van der Waals surface area contributed by atoms with Crippen molar-refractivity contribution >= 4 is 34.2 Å². The minimum atomic E-state index is -0.985. The van der Waals surface area contributed by atoms with E-state index in [9.17, 15) is 19.5 Å². The Morgan fingerprint density at radius 1 is 1.22 bits per heavy atom. The number of carbonyl (C=O) groups excluding carboxylic acids is 2. The van der Waals surface area contributed by atoms with E-state index in [0.717, 1.165) is 10.4 Å². The Bertz CT molecular complexity index is 676. The average molecular weight is 337 g/mol. The second-order valence-electron chi connectivity index (χ2n) is 5.46. The third-order valence-electron chi connectivity index (χ3n) is 4.10. The van der Waals surface area contributed by atoms with E-state index in [0.29, 0.717) is 23.4 Å². The number of hydrogen-bond donors (Lipinski definition) is 2. The summed E-state index contributed by atoms with van der Waals surface area (Å²) in [5.74, 6) is -3.27. The van der Waals surface area contributed by atoms with Gasteiger partial charge in [-0.15, -0.1) is 11.3 Å². The molecule has 1 heterocycles. The maximum Gasteiger partial charge on any atom is 0.341 e. The maximum atomic E-state index is 12.5. The molecule has 0 spiro atoms. The van der Waals surface area contributed by atoms with E-state index < -0.39 is 23.8 Å². The summed E-state index contributed by atoms with van der Waals surface area (Å²) in [7, 11) is 1.28. The molecule has 0 unspecified atom stereocenters. The van der Waals surface area contributed by atoms with Crippen LogP contribution in [-0.4, -0.2) is 30.1 Å². The lowest BCUT2D eigenvalue weighted by Crippen LogP contribution is -2.34. The molecule has 0 bridgehead atoms. The van der Waals surface area contributed by atoms with E-state index in [1.165, 1.54) is 18.4 Å². The molecule has 6 nitrogen and oxygen atoms in total. The summed E-state index contributed by atoms with van der Waals surface area (Å²) >= 11 is 1.29. The highest BCUT2D eigenvalue weighted by molar-refractivity contribution is 7.16. The van der Waals surface area contributed by atoms with Gasteiger partial charge in [0.15, 0.2) is 0 Å². The molecule has 0 fully saturated rings. The van der Waals surface area contributed by atoms with Gasteiger partial charge in [0.2, 0.25) is 5.91 Å². The van der Waals surface area contributed by atoms with Crippen LogP contribution in [-0.2, 0) is 14.3 Å². The molecule has 1 amide bonds. The Morgan fingerprint density at radius 2 is 1.83 bits per heavy atom. The van der Waals surface area contributed by atoms with Crippen LogP contribution in [0.4, 0.5) is 5.00 Å². The van der Waals surface area contributed by atoms with Gasteiger partial charge >= 0.3 is 11.9 Å². The fourth-order valence-electron chi connectivity index (χ4n) is 2.64. The first-order chi connectivity index (χ1) is 10.9. The lowest BCUT2D eigenvalue weighted by Gasteiger charge is -2.24. The van der Waals surface area contributed by atoms with E-state index in [2.05, 4.69) is 5.32 Å². The fraction of sp³-hybridized carbons (Fsp3) is 0.438. The number of aryl methyl sites for hydroxylation is 1. The van der Waals surface area contributed by atoms with Crippen molar-refractivity contribution in [3.8, 4) is 0 Å². The van der Waals surface area contributed by atoms with Crippen molar-refractivity contribution in [1.29, 1.82) is 0 Å². The van der Waals surface area contributed by atoms with Gasteiger partial charge in [-0.05, 0) is 32.3 Å². The normalized spacial score (nSPS) is 20.1. The zero-order valence-corrected chi connectivity index (χ0v) is 14.0. The molecule has 23 heavy (non-hydrogen) atoms. The molecule has 0 aromatic carbocycles. The number of carboxylic acids is 1. The molecule has 0 saturated heterocycles. The molecule has 124 valence electrons. The number of hydrogen-bond acceptors (Lipinski definition) is 5. The number of esters is 1. The monoisotopic (exact) mass is 337 g/mol. The molecule has 7 heteroatoms. The zero-order chi connectivity index (χ0) is 17.1. The Hall–Kier alpha value is -2.15. The van der Waals surface area contributed by atoms with E-state index >= 15 is 0 Å². The summed E-state index contributed by atoms with van der Waals surface area (Å²) in [5.41, 5.74) is 1.09. The van der Waals surface area contributed by atoms with Gasteiger partial charge in [0.25, 0.3) is 0 Å². The predicted molar refractivity (Wildman–Crippen MR) is 86.8 cm³/mol. The first-order valence-electron chi connectivity index (χ1n) is 7.23. The summed E-state index contributed by atoms with van der Waals surface area (Å²) in [6.07, 6.45) is 4.30. The van der Waals surface area contributed by atoms with Crippen molar-refractivity contribution in [2.75, 3.05) is 12.4 Å². The first kappa shape index (κ1) is 17.2. The SMILES string of the molecule is COC(=O)c1c(NC(=O)[C@@H]2CC=CC[C@H]2C(=O)O)sc(C)c1C. The summed E-state index contributed by atoms with van der Waals surface area (Å²) in [6, 6.07) is 0. The number of amides is 1. The number of ether oxygens (including phenoxy) is 1. The van der Waals surface area contributed by atoms with Crippen LogP contribution in [0.25, 0.3) is 0 Å². The van der Waals surface area contributed by atoms with Gasteiger partial charge in [-0.2, -0.15) is 0 Å². The molecular formula is C16H19NO5S. The number of methoxy groups -OCH3 is 1. The molecule has 1 aromatic rings. The van der Waals surface area contributed by atoms with Crippen LogP contribution in [0, 0.1) is 25.7 Å². The molecule has 1 aromatic heterocycles. The maximum absolute atomic E-state index is 12.5. The van der Waals surface area contributed by atoms with Crippen LogP contribution < -0.4 is 5.32 Å². The summed E-state index contributed by atoms with van der Waals surface area (Å²) in [5, 5.41) is 12.4. The molecule has 0 aliphatic heterocycles. The van der Waals surface area contributed by atoms with E-state index in [4.69, 9.17) is 4.74 Å². The quantitative estimate of drug-likeness (QED) is 0.651. The van der Waals surface area contributed by atoms with Crippen molar-refractivity contribution in [3.05, 3.63) is 28.2 Å². The van der Waals surface area contributed by atoms with Crippen LogP contribution in [0.5, 0.6) is 0 Å². The molecule has 1 aliphatic rings. The van der Waals surface area contributed by atoms with E-state index in [1.807, 2.05) is 13.0 Å². The Kier molecular flexibility index (Phi) is 5.20. The second kappa shape index (κ2) is 6.95. The predicted octanol–water partition coefficient (Wildman–Crippen LogP) is 2.76. The van der Waals surface area contributed by atoms with Crippen LogP contribution in [0.15, 0.2) is 12.2 Å². The number of carboxylic acid groups (broad SMARTS) is 1. The number of allylic oxidation sites excluding steroid dienone is 2.